The number of nitrogens with zero attached hydrogens (tertiary/aromatic N) is 3. The van der Waals surface area contributed by atoms with Crippen LogP contribution in [0.25, 0.3) is 11.3 Å². The van der Waals surface area contributed by atoms with Crippen molar-refractivity contribution in [3.05, 3.63) is 95.2 Å². The molecule has 184 valence electrons. The van der Waals surface area contributed by atoms with E-state index in [2.05, 4.69) is 12.1 Å². The zero-order valence-corrected chi connectivity index (χ0v) is 20.6. The smallest absolute Gasteiger partial charge is 0.273 e. The summed E-state index contributed by atoms with van der Waals surface area (Å²) in [6.07, 6.45) is 0.721. The third-order valence-electron chi connectivity index (χ3n) is 6.58. The van der Waals surface area contributed by atoms with Gasteiger partial charge in [0.25, 0.3) is 5.91 Å². The Kier molecular flexibility index (Phi) is 6.38. The van der Waals surface area contributed by atoms with Gasteiger partial charge < -0.3 is 19.5 Å². The predicted molar refractivity (Wildman–Crippen MR) is 137 cm³/mol. The molecule has 0 unspecified atom stereocenters. The molecule has 1 atom stereocenters. The number of fused-ring (bicyclic) bond motifs is 1. The van der Waals surface area contributed by atoms with Gasteiger partial charge in [-0.2, -0.15) is 5.10 Å². The van der Waals surface area contributed by atoms with Crippen molar-refractivity contribution < 1.29 is 19.4 Å². The van der Waals surface area contributed by atoms with E-state index in [1.54, 1.807) is 17.9 Å². The molecule has 0 radical (unpaired) electrons. The van der Waals surface area contributed by atoms with Crippen molar-refractivity contribution in [2.45, 2.75) is 19.4 Å². The normalized spacial score (nSPS) is 14.7. The summed E-state index contributed by atoms with van der Waals surface area (Å²) in [4.78, 5) is 15.7. The average molecular weight is 484 g/mol. The van der Waals surface area contributed by atoms with E-state index in [-0.39, 0.29) is 17.7 Å². The Morgan fingerprint density at radius 2 is 1.78 bits per heavy atom. The monoisotopic (exact) mass is 483 g/mol. The molecule has 0 saturated heterocycles. The minimum atomic E-state index is -0.373. The lowest BCUT2D eigenvalue weighted by Gasteiger charge is -2.27. The number of phenols is 1. The summed E-state index contributed by atoms with van der Waals surface area (Å²) in [5.41, 5.74) is 5.10. The predicted octanol–water partition coefficient (Wildman–Crippen LogP) is 4.99. The zero-order chi connectivity index (χ0) is 25.2. The highest BCUT2D eigenvalue weighted by atomic mass is 16.5. The van der Waals surface area contributed by atoms with Gasteiger partial charge in [0.15, 0.2) is 11.5 Å². The molecule has 3 aromatic carbocycles. The SMILES string of the molecule is CCOc1cc([C@@H]2c3c(-c4ccc(OC)cc4)nn(C)c3C(=O)N2CCc2ccccc2)ccc1O. The van der Waals surface area contributed by atoms with Crippen molar-refractivity contribution in [1.82, 2.24) is 14.7 Å². The highest BCUT2D eigenvalue weighted by Gasteiger charge is 2.43. The van der Waals surface area contributed by atoms with Gasteiger partial charge in [0, 0.05) is 24.7 Å². The Bertz CT molecular complexity index is 1380. The van der Waals surface area contributed by atoms with Crippen LogP contribution < -0.4 is 9.47 Å². The van der Waals surface area contributed by atoms with Gasteiger partial charge in [-0.1, -0.05) is 36.4 Å². The molecular formula is C29H29N3O4. The van der Waals surface area contributed by atoms with Gasteiger partial charge in [-0.05, 0) is 60.9 Å². The van der Waals surface area contributed by atoms with E-state index in [0.717, 1.165) is 40.1 Å². The largest absolute Gasteiger partial charge is 0.504 e. The van der Waals surface area contributed by atoms with E-state index >= 15 is 0 Å². The number of aryl methyl sites for hydroxylation is 1. The van der Waals surface area contributed by atoms with Crippen molar-refractivity contribution in [1.29, 1.82) is 0 Å². The number of aromatic hydroxyl groups is 1. The molecule has 0 saturated carbocycles. The highest BCUT2D eigenvalue weighted by molar-refractivity contribution is 6.00. The number of carbonyl (C=O) groups is 1. The summed E-state index contributed by atoms with van der Waals surface area (Å²) < 4.78 is 12.7. The molecule has 5 rings (SSSR count). The molecule has 0 bridgehead atoms. The fraction of sp³-hybridized carbons (Fsp3) is 0.241. The van der Waals surface area contributed by atoms with Crippen LogP contribution in [0.2, 0.25) is 0 Å². The molecule has 1 aromatic heterocycles. The third kappa shape index (κ3) is 4.17. The van der Waals surface area contributed by atoms with Crippen molar-refractivity contribution >= 4 is 5.91 Å². The van der Waals surface area contributed by atoms with Crippen LogP contribution in [0.4, 0.5) is 0 Å². The van der Waals surface area contributed by atoms with Gasteiger partial charge in [-0.25, -0.2) is 0 Å². The first kappa shape index (κ1) is 23.5. The number of benzene rings is 3. The Morgan fingerprint density at radius 3 is 2.47 bits per heavy atom. The van der Waals surface area contributed by atoms with Gasteiger partial charge in [-0.3, -0.25) is 9.48 Å². The molecule has 0 aliphatic carbocycles. The van der Waals surface area contributed by atoms with Crippen LogP contribution in [0.15, 0.2) is 72.8 Å². The molecule has 1 N–H and O–H groups in total. The number of methoxy groups -OCH3 is 1. The standard InChI is InChI=1S/C29H29N3O4/c1-4-36-24-18-21(12-15-23(24)33)27-25-26(20-10-13-22(35-3)14-11-20)30-31(2)28(25)29(34)32(27)17-16-19-8-6-5-7-9-19/h5-15,18,27,33H,4,16-17H2,1-3H3/t27-/m1/s1. The Hall–Kier alpha value is -4.26. The number of hydrogen-bond acceptors (Lipinski definition) is 5. The number of aromatic nitrogens is 2. The van der Waals surface area contributed by atoms with E-state index in [0.29, 0.717) is 24.6 Å². The Balaban J connectivity index is 1.63. The van der Waals surface area contributed by atoms with Crippen molar-refractivity contribution in [2.75, 3.05) is 20.3 Å². The molecule has 0 fully saturated rings. The summed E-state index contributed by atoms with van der Waals surface area (Å²) >= 11 is 0. The molecule has 1 amide bonds. The molecule has 1 aliphatic heterocycles. The lowest BCUT2D eigenvalue weighted by Crippen LogP contribution is -2.32. The molecule has 2 heterocycles. The zero-order valence-electron chi connectivity index (χ0n) is 20.6. The summed E-state index contributed by atoms with van der Waals surface area (Å²) in [5.74, 6) is 1.16. The lowest BCUT2D eigenvalue weighted by molar-refractivity contribution is 0.0741. The maximum atomic E-state index is 13.8. The maximum absolute atomic E-state index is 13.8. The average Bonchev–Trinajstić information content (AvgIpc) is 3.39. The summed E-state index contributed by atoms with van der Waals surface area (Å²) in [7, 11) is 3.44. The minimum Gasteiger partial charge on any atom is -0.504 e. The van der Waals surface area contributed by atoms with Crippen LogP contribution in [0.5, 0.6) is 17.2 Å². The number of carbonyl (C=O) groups excluding carboxylic acids is 1. The van der Waals surface area contributed by atoms with Crippen LogP contribution in [0.1, 0.15) is 40.1 Å². The molecule has 1 aliphatic rings. The van der Waals surface area contributed by atoms with E-state index in [1.165, 1.54) is 0 Å². The van der Waals surface area contributed by atoms with Crippen molar-refractivity contribution in [3.63, 3.8) is 0 Å². The molecule has 7 heteroatoms. The van der Waals surface area contributed by atoms with Gasteiger partial charge >= 0.3 is 0 Å². The first-order chi connectivity index (χ1) is 17.5. The summed E-state index contributed by atoms with van der Waals surface area (Å²) in [6, 6.07) is 22.8. The molecule has 7 nitrogen and oxygen atoms in total. The number of hydrogen-bond donors (Lipinski definition) is 1. The van der Waals surface area contributed by atoms with Gasteiger partial charge in [0.2, 0.25) is 0 Å². The second-order valence-electron chi connectivity index (χ2n) is 8.76. The molecule has 0 spiro atoms. The fourth-order valence-electron chi connectivity index (χ4n) is 4.87. The second-order valence-corrected chi connectivity index (χ2v) is 8.76. The van der Waals surface area contributed by atoms with Crippen molar-refractivity contribution in [3.8, 4) is 28.5 Å². The Labute approximate surface area is 210 Å². The van der Waals surface area contributed by atoms with E-state index in [4.69, 9.17) is 14.6 Å². The maximum Gasteiger partial charge on any atom is 0.273 e. The minimum absolute atomic E-state index is 0.0632. The molecule has 36 heavy (non-hydrogen) atoms. The fourth-order valence-corrected chi connectivity index (χ4v) is 4.87. The topological polar surface area (TPSA) is 76.8 Å². The molecular weight excluding hydrogens is 454 g/mol. The lowest BCUT2D eigenvalue weighted by atomic mass is 9.95. The van der Waals surface area contributed by atoms with Gasteiger partial charge in [0.05, 0.1) is 25.5 Å². The van der Waals surface area contributed by atoms with Crippen LogP contribution >= 0.6 is 0 Å². The summed E-state index contributed by atoms with van der Waals surface area (Å²) in [5, 5.41) is 15.1. The number of phenolic OH excluding ortho intramolecular Hbond substituents is 1. The molecule has 4 aromatic rings. The number of rotatable bonds is 8. The van der Waals surface area contributed by atoms with Crippen LogP contribution in [0.3, 0.4) is 0 Å². The van der Waals surface area contributed by atoms with Crippen LogP contribution in [0, 0.1) is 0 Å². The number of amides is 1. The van der Waals surface area contributed by atoms with E-state index in [9.17, 15) is 9.90 Å². The van der Waals surface area contributed by atoms with E-state index in [1.807, 2.05) is 73.5 Å². The highest BCUT2D eigenvalue weighted by Crippen LogP contribution is 2.45. The second kappa shape index (κ2) is 9.77. The third-order valence-corrected chi connectivity index (χ3v) is 6.58. The van der Waals surface area contributed by atoms with Crippen LogP contribution in [-0.4, -0.2) is 46.0 Å². The quantitative estimate of drug-likeness (QED) is 0.382. The van der Waals surface area contributed by atoms with E-state index < -0.39 is 0 Å². The van der Waals surface area contributed by atoms with Crippen LogP contribution in [-0.2, 0) is 13.5 Å². The first-order valence-electron chi connectivity index (χ1n) is 12.0. The number of ether oxygens (including phenoxy) is 2. The first-order valence-corrected chi connectivity index (χ1v) is 12.0. The van der Waals surface area contributed by atoms with Crippen molar-refractivity contribution in [2.24, 2.45) is 7.05 Å². The Morgan fingerprint density at radius 1 is 1.03 bits per heavy atom. The summed E-state index contributed by atoms with van der Waals surface area (Å²) in [6.45, 7) is 2.83. The van der Waals surface area contributed by atoms with Gasteiger partial charge in [-0.15, -0.1) is 0 Å². The van der Waals surface area contributed by atoms with Gasteiger partial charge in [0.1, 0.15) is 11.4 Å².